The Balaban J connectivity index is 1.63. The molecule has 0 saturated carbocycles. The Hall–Kier alpha value is -2.91. The molecule has 1 aromatic heterocycles. The first-order valence-corrected chi connectivity index (χ1v) is 12.0. The standard InChI is InChI=1S/C23H25N3O4S2/c1-4-26(23-25-17-10-6-8-12-19(17)32-23)21(28)13-30-22(29)16-9-5-7-11-18(16)31-14-20(27)24-15(2)3/h5-12,15H,4,13-14H2,1-3H3,(H,24,27). The molecule has 0 saturated heterocycles. The number of carbonyl (C=O) groups is 3. The highest BCUT2D eigenvalue weighted by molar-refractivity contribution is 8.00. The summed E-state index contributed by atoms with van der Waals surface area (Å²) >= 11 is 2.67. The van der Waals surface area contributed by atoms with E-state index in [1.54, 1.807) is 24.3 Å². The molecule has 0 radical (unpaired) electrons. The minimum Gasteiger partial charge on any atom is -0.452 e. The van der Waals surface area contributed by atoms with Crippen molar-refractivity contribution in [2.45, 2.75) is 31.7 Å². The maximum Gasteiger partial charge on any atom is 0.339 e. The first kappa shape index (κ1) is 23.7. The molecule has 0 spiro atoms. The quantitative estimate of drug-likeness (QED) is 0.373. The SMILES string of the molecule is CCN(C(=O)COC(=O)c1ccccc1SCC(=O)NC(C)C)c1nc2ccccc2s1. The number of amides is 2. The van der Waals surface area contributed by atoms with Gasteiger partial charge in [-0.25, -0.2) is 9.78 Å². The van der Waals surface area contributed by atoms with E-state index in [2.05, 4.69) is 10.3 Å². The van der Waals surface area contributed by atoms with Gasteiger partial charge in [0.05, 0.1) is 21.5 Å². The van der Waals surface area contributed by atoms with E-state index in [-0.39, 0.29) is 23.6 Å². The third kappa shape index (κ3) is 6.08. The van der Waals surface area contributed by atoms with Gasteiger partial charge in [-0.05, 0) is 45.0 Å². The largest absolute Gasteiger partial charge is 0.452 e. The number of nitrogens with zero attached hydrogens (tertiary/aromatic N) is 2. The van der Waals surface area contributed by atoms with Gasteiger partial charge in [0.15, 0.2) is 11.7 Å². The molecule has 32 heavy (non-hydrogen) atoms. The van der Waals surface area contributed by atoms with Crippen LogP contribution >= 0.6 is 23.1 Å². The highest BCUT2D eigenvalue weighted by Gasteiger charge is 2.21. The van der Waals surface area contributed by atoms with Gasteiger partial charge in [-0.15, -0.1) is 11.8 Å². The van der Waals surface area contributed by atoms with E-state index in [0.29, 0.717) is 22.1 Å². The van der Waals surface area contributed by atoms with Gasteiger partial charge in [0.1, 0.15) is 0 Å². The fourth-order valence-electron chi connectivity index (χ4n) is 2.94. The normalized spacial score (nSPS) is 10.9. The van der Waals surface area contributed by atoms with Crippen LogP contribution < -0.4 is 10.2 Å². The van der Waals surface area contributed by atoms with Crippen LogP contribution in [0.15, 0.2) is 53.4 Å². The maximum atomic E-state index is 12.7. The van der Waals surface area contributed by atoms with Crippen molar-refractivity contribution in [3.05, 3.63) is 54.1 Å². The molecule has 1 heterocycles. The van der Waals surface area contributed by atoms with Crippen molar-refractivity contribution in [3.63, 3.8) is 0 Å². The average molecular weight is 472 g/mol. The molecule has 0 bridgehead atoms. The lowest BCUT2D eigenvalue weighted by atomic mass is 10.2. The molecular weight excluding hydrogens is 446 g/mol. The number of carbonyl (C=O) groups excluding carboxylic acids is 3. The monoisotopic (exact) mass is 471 g/mol. The van der Waals surface area contributed by atoms with E-state index in [9.17, 15) is 14.4 Å². The van der Waals surface area contributed by atoms with Crippen LogP contribution in [0.2, 0.25) is 0 Å². The van der Waals surface area contributed by atoms with Crippen molar-refractivity contribution in [2.75, 3.05) is 23.8 Å². The second-order valence-electron chi connectivity index (χ2n) is 7.19. The topological polar surface area (TPSA) is 88.6 Å². The summed E-state index contributed by atoms with van der Waals surface area (Å²) in [5, 5.41) is 3.39. The molecule has 0 unspecified atom stereocenters. The Labute approximate surface area is 195 Å². The fourth-order valence-corrected chi connectivity index (χ4v) is 4.84. The van der Waals surface area contributed by atoms with Gasteiger partial charge >= 0.3 is 5.97 Å². The first-order chi connectivity index (χ1) is 15.4. The molecule has 0 aliphatic rings. The third-order valence-corrected chi connectivity index (χ3v) is 6.51. The van der Waals surface area contributed by atoms with Gasteiger partial charge in [0, 0.05) is 17.5 Å². The molecule has 3 aromatic rings. The Morgan fingerprint density at radius 1 is 1.12 bits per heavy atom. The van der Waals surface area contributed by atoms with Crippen LogP contribution in [0, 0.1) is 0 Å². The van der Waals surface area contributed by atoms with Crippen LogP contribution in [-0.2, 0) is 14.3 Å². The zero-order valence-electron chi connectivity index (χ0n) is 18.2. The lowest BCUT2D eigenvalue weighted by Crippen LogP contribution is -2.34. The van der Waals surface area contributed by atoms with Gasteiger partial charge in [-0.3, -0.25) is 14.5 Å². The number of hydrogen-bond donors (Lipinski definition) is 1. The first-order valence-electron chi connectivity index (χ1n) is 10.2. The number of rotatable bonds is 9. The Morgan fingerprint density at radius 2 is 1.84 bits per heavy atom. The highest BCUT2D eigenvalue weighted by atomic mass is 32.2. The summed E-state index contributed by atoms with van der Waals surface area (Å²) in [4.78, 5) is 44.0. The fraction of sp³-hybridized carbons (Fsp3) is 0.304. The molecule has 168 valence electrons. The minimum atomic E-state index is -0.605. The van der Waals surface area contributed by atoms with Crippen LogP contribution in [-0.4, -0.2) is 47.7 Å². The van der Waals surface area contributed by atoms with Gasteiger partial charge in [-0.2, -0.15) is 0 Å². The van der Waals surface area contributed by atoms with Crippen LogP contribution in [0.4, 0.5) is 5.13 Å². The summed E-state index contributed by atoms with van der Waals surface area (Å²) < 4.78 is 6.30. The molecule has 3 rings (SSSR count). The molecule has 7 nitrogen and oxygen atoms in total. The van der Waals surface area contributed by atoms with Crippen molar-refractivity contribution in [1.29, 1.82) is 0 Å². The predicted octanol–water partition coefficient (Wildman–Crippen LogP) is 4.12. The Morgan fingerprint density at radius 3 is 2.56 bits per heavy atom. The number of nitrogens with one attached hydrogen (secondary N) is 1. The van der Waals surface area contributed by atoms with Crippen LogP contribution in [0.1, 0.15) is 31.1 Å². The number of esters is 1. The number of para-hydroxylation sites is 1. The van der Waals surface area contributed by atoms with Crippen molar-refractivity contribution in [2.24, 2.45) is 0 Å². The zero-order valence-corrected chi connectivity index (χ0v) is 19.8. The van der Waals surface area contributed by atoms with Gasteiger partial charge in [-0.1, -0.05) is 35.6 Å². The molecular formula is C23H25N3O4S2. The number of likely N-dealkylation sites (N-methyl/N-ethyl adjacent to an activating group) is 1. The lowest BCUT2D eigenvalue weighted by molar-refractivity contribution is -0.121. The molecule has 9 heteroatoms. The van der Waals surface area contributed by atoms with E-state index < -0.39 is 12.6 Å². The van der Waals surface area contributed by atoms with Crippen molar-refractivity contribution in [3.8, 4) is 0 Å². The van der Waals surface area contributed by atoms with Gasteiger partial charge in [0.2, 0.25) is 5.91 Å². The summed E-state index contributed by atoms with van der Waals surface area (Å²) in [5.74, 6) is -0.881. The second kappa shape index (κ2) is 11.1. The van der Waals surface area contributed by atoms with Gasteiger partial charge < -0.3 is 10.1 Å². The Kier molecular flexibility index (Phi) is 8.24. The Bertz CT molecular complexity index is 1080. The van der Waals surface area contributed by atoms with Gasteiger partial charge in [0.25, 0.3) is 5.91 Å². The predicted molar refractivity (Wildman–Crippen MR) is 128 cm³/mol. The maximum absolute atomic E-state index is 12.7. The van der Waals surface area contributed by atoms with E-state index in [1.807, 2.05) is 45.0 Å². The smallest absolute Gasteiger partial charge is 0.339 e. The molecule has 0 atom stereocenters. The summed E-state index contributed by atoms with van der Waals surface area (Å²) in [6.07, 6.45) is 0. The van der Waals surface area contributed by atoms with Crippen molar-refractivity contribution >= 4 is 56.2 Å². The van der Waals surface area contributed by atoms with E-state index in [1.165, 1.54) is 28.0 Å². The highest BCUT2D eigenvalue weighted by Crippen LogP contribution is 2.28. The molecule has 0 fully saturated rings. The number of ether oxygens (including phenoxy) is 1. The third-order valence-electron chi connectivity index (χ3n) is 4.37. The van der Waals surface area contributed by atoms with Crippen molar-refractivity contribution < 1.29 is 19.1 Å². The molecule has 2 aromatic carbocycles. The number of anilines is 1. The van der Waals surface area contributed by atoms with Crippen LogP contribution in [0.25, 0.3) is 10.2 Å². The number of fused-ring (bicyclic) bond motifs is 1. The summed E-state index contributed by atoms with van der Waals surface area (Å²) in [5.41, 5.74) is 1.15. The number of hydrogen-bond acceptors (Lipinski definition) is 7. The molecule has 0 aliphatic carbocycles. The van der Waals surface area contributed by atoms with Crippen molar-refractivity contribution in [1.82, 2.24) is 10.3 Å². The lowest BCUT2D eigenvalue weighted by Gasteiger charge is -2.17. The van der Waals surface area contributed by atoms with Crippen LogP contribution in [0.5, 0.6) is 0 Å². The van der Waals surface area contributed by atoms with E-state index >= 15 is 0 Å². The zero-order chi connectivity index (χ0) is 23.1. The van der Waals surface area contributed by atoms with E-state index in [4.69, 9.17) is 4.74 Å². The second-order valence-corrected chi connectivity index (χ2v) is 9.21. The minimum absolute atomic E-state index is 0.0475. The molecule has 2 amide bonds. The molecule has 0 aliphatic heterocycles. The summed E-state index contributed by atoms with van der Waals surface area (Å²) in [6.45, 7) is 5.64. The average Bonchev–Trinajstić information content (AvgIpc) is 3.20. The number of aromatic nitrogens is 1. The molecule has 1 N–H and O–H groups in total. The van der Waals surface area contributed by atoms with Crippen LogP contribution in [0.3, 0.4) is 0 Å². The number of benzene rings is 2. The number of thiazole rings is 1. The number of thioether (sulfide) groups is 1. The summed E-state index contributed by atoms with van der Waals surface area (Å²) in [7, 11) is 0. The van der Waals surface area contributed by atoms with E-state index in [0.717, 1.165) is 10.2 Å². The summed E-state index contributed by atoms with van der Waals surface area (Å²) in [6, 6.07) is 14.6.